The summed E-state index contributed by atoms with van der Waals surface area (Å²) >= 11 is 0. The number of aryl methyl sites for hydroxylation is 1. The monoisotopic (exact) mass is 277 g/mol. The zero-order valence-corrected chi connectivity index (χ0v) is 12.8. The van der Waals surface area contributed by atoms with Crippen LogP contribution in [0, 0.1) is 24.0 Å². The van der Waals surface area contributed by atoms with Gasteiger partial charge in [-0.25, -0.2) is 0 Å². The maximum Gasteiger partial charge on any atom is 0.495 e. The van der Waals surface area contributed by atoms with Crippen molar-refractivity contribution in [2.75, 3.05) is 0 Å². The third kappa shape index (κ3) is 2.34. The van der Waals surface area contributed by atoms with Crippen molar-refractivity contribution in [2.24, 2.45) is 0 Å². The molecule has 0 saturated carbocycles. The molecule has 0 amide bonds. The van der Waals surface area contributed by atoms with Crippen molar-refractivity contribution in [1.82, 2.24) is 0 Å². The fourth-order valence-electron chi connectivity index (χ4n) is 2.19. The summed E-state index contributed by atoms with van der Waals surface area (Å²) in [5.74, 6) is 0. The first-order valence-electron chi connectivity index (χ1n) is 6.66. The third-order valence-corrected chi connectivity index (χ3v) is 4.41. The van der Waals surface area contributed by atoms with Crippen LogP contribution in [0.3, 0.4) is 0 Å². The van der Waals surface area contributed by atoms with Crippen LogP contribution in [0.1, 0.15) is 38.8 Å². The van der Waals surface area contributed by atoms with Crippen LogP contribution in [0.4, 0.5) is 5.69 Å². The van der Waals surface area contributed by atoms with Crippen LogP contribution in [0.25, 0.3) is 0 Å². The molecule has 0 aromatic heterocycles. The summed E-state index contributed by atoms with van der Waals surface area (Å²) in [7, 11) is -0.571. The molecule has 2 rings (SSSR count). The third-order valence-electron chi connectivity index (χ3n) is 4.41. The first-order valence-corrected chi connectivity index (χ1v) is 6.66. The summed E-state index contributed by atoms with van der Waals surface area (Å²) in [4.78, 5) is 10.6. The molecule has 108 valence electrons. The summed E-state index contributed by atoms with van der Waals surface area (Å²) in [6.45, 7) is 11.6. The lowest BCUT2D eigenvalue weighted by Gasteiger charge is -2.32. The summed E-state index contributed by atoms with van der Waals surface area (Å²) in [6, 6.07) is 3.12. The molecule has 1 fully saturated rings. The number of nitrogens with zero attached hydrogens (tertiary/aromatic N) is 1. The Hall–Kier alpha value is -1.40. The Morgan fingerprint density at radius 3 is 2.05 bits per heavy atom. The van der Waals surface area contributed by atoms with Gasteiger partial charge in [0.2, 0.25) is 0 Å². The molecule has 0 spiro atoms. The van der Waals surface area contributed by atoms with Crippen molar-refractivity contribution in [2.45, 2.75) is 52.7 Å². The quantitative estimate of drug-likeness (QED) is 0.473. The van der Waals surface area contributed by atoms with E-state index in [1.165, 1.54) is 0 Å². The first-order chi connectivity index (χ1) is 9.05. The molecule has 1 heterocycles. The largest absolute Gasteiger partial charge is 0.495 e. The van der Waals surface area contributed by atoms with E-state index in [2.05, 4.69) is 0 Å². The fraction of sp³-hybridized carbons (Fsp3) is 0.571. The van der Waals surface area contributed by atoms with Crippen LogP contribution in [-0.4, -0.2) is 23.2 Å². The molecule has 0 aliphatic carbocycles. The Kier molecular flexibility index (Phi) is 3.43. The van der Waals surface area contributed by atoms with Gasteiger partial charge in [-0.3, -0.25) is 10.1 Å². The van der Waals surface area contributed by atoms with Gasteiger partial charge in [-0.05, 0) is 58.1 Å². The molecule has 0 unspecified atom stereocenters. The van der Waals surface area contributed by atoms with Crippen LogP contribution < -0.4 is 5.46 Å². The smallest absolute Gasteiger partial charge is 0.399 e. The van der Waals surface area contributed by atoms with E-state index < -0.39 is 18.3 Å². The molecule has 6 heteroatoms. The Balaban J connectivity index is 2.47. The van der Waals surface area contributed by atoms with Crippen molar-refractivity contribution in [3.05, 3.63) is 33.4 Å². The second-order valence-corrected chi connectivity index (χ2v) is 6.32. The molecule has 1 saturated heterocycles. The zero-order chi connectivity index (χ0) is 15.3. The molecule has 1 aromatic rings. The lowest BCUT2D eigenvalue weighted by atomic mass is 9.75. The van der Waals surface area contributed by atoms with E-state index in [1.807, 2.05) is 41.5 Å². The minimum atomic E-state index is -0.571. The molecule has 0 atom stereocenters. The molecular weight excluding hydrogens is 257 g/mol. The maximum atomic E-state index is 11.0. The van der Waals surface area contributed by atoms with Gasteiger partial charge < -0.3 is 9.31 Å². The average molecular weight is 277 g/mol. The van der Waals surface area contributed by atoms with Gasteiger partial charge in [0, 0.05) is 12.1 Å². The minimum absolute atomic E-state index is 0.0674. The van der Waals surface area contributed by atoms with E-state index in [0.717, 1.165) is 16.6 Å². The van der Waals surface area contributed by atoms with E-state index in [0.29, 0.717) is 0 Å². The fourth-order valence-corrected chi connectivity index (χ4v) is 2.19. The van der Waals surface area contributed by atoms with E-state index >= 15 is 0 Å². The number of nitro groups is 1. The van der Waals surface area contributed by atoms with Crippen molar-refractivity contribution >= 4 is 18.3 Å². The Morgan fingerprint density at radius 2 is 1.60 bits per heavy atom. The zero-order valence-electron chi connectivity index (χ0n) is 12.8. The Morgan fingerprint density at radius 1 is 1.10 bits per heavy atom. The molecule has 1 aliphatic rings. The molecule has 1 aromatic carbocycles. The summed E-state index contributed by atoms with van der Waals surface area (Å²) in [5.41, 5.74) is 1.72. The van der Waals surface area contributed by atoms with Crippen LogP contribution >= 0.6 is 0 Å². The highest BCUT2D eigenvalue weighted by Gasteiger charge is 2.52. The number of nitro benzene ring substituents is 1. The van der Waals surface area contributed by atoms with Crippen LogP contribution in [0.5, 0.6) is 0 Å². The minimum Gasteiger partial charge on any atom is -0.399 e. The number of non-ortho nitro benzene ring substituents is 1. The van der Waals surface area contributed by atoms with E-state index in [1.54, 1.807) is 12.1 Å². The summed E-state index contributed by atoms with van der Waals surface area (Å²) in [5, 5.41) is 11.0. The predicted molar refractivity (Wildman–Crippen MR) is 78.3 cm³/mol. The number of hydrogen-bond acceptors (Lipinski definition) is 4. The van der Waals surface area contributed by atoms with Crippen LogP contribution in [-0.2, 0) is 9.31 Å². The first kappa shape index (κ1) is 15.0. The molecule has 5 nitrogen and oxygen atoms in total. The molecular formula is C14H20BNO4. The van der Waals surface area contributed by atoms with Crippen LogP contribution in [0.2, 0.25) is 0 Å². The highest BCUT2D eigenvalue weighted by atomic mass is 16.7. The van der Waals surface area contributed by atoms with Gasteiger partial charge in [0.15, 0.2) is 0 Å². The predicted octanol–water partition coefficient (Wildman–Crippen LogP) is 2.51. The van der Waals surface area contributed by atoms with Gasteiger partial charge in [0.1, 0.15) is 0 Å². The van der Waals surface area contributed by atoms with Gasteiger partial charge in [0.25, 0.3) is 5.69 Å². The van der Waals surface area contributed by atoms with Crippen molar-refractivity contribution in [1.29, 1.82) is 0 Å². The summed E-state index contributed by atoms with van der Waals surface area (Å²) in [6.07, 6.45) is 0. The van der Waals surface area contributed by atoms with Crippen LogP contribution in [0.15, 0.2) is 12.1 Å². The normalized spacial score (nSPS) is 20.2. The highest BCUT2D eigenvalue weighted by molar-refractivity contribution is 6.62. The van der Waals surface area contributed by atoms with Crippen molar-refractivity contribution < 1.29 is 14.2 Å². The van der Waals surface area contributed by atoms with E-state index in [-0.39, 0.29) is 10.6 Å². The Labute approximate surface area is 119 Å². The number of benzene rings is 1. The number of rotatable bonds is 2. The highest BCUT2D eigenvalue weighted by Crippen LogP contribution is 2.37. The molecule has 0 radical (unpaired) electrons. The van der Waals surface area contributed by atoms with Gasteiger partial charge in [-0.1, -0.05) is 0 Å². The van der Waals surface area contributed by atoms with E-state index in [4.69, 9.17) is 9.31 Å². The van der Waals surface area contributed by atoms with E-state index in [9.17, 15) is 10.1 Å². The van der Waals surface area contributed by atoms with Gasteiger partial charge in [-0.15, -0.1) is 0 Å². The second-order valence-electron chi connectivity index (χ2n) is 6.32. The van der Waals surface area contributed by atoms with Gasteiger partial charge in [-0.2, -0.15) is 0 Å². The van der Waals surface area contributed by atoms with Gasteiger partial charge in [0.05, 0.1) is 16.1 Å². The lowest BCUT2D eigenvalue weighted by molar-refractivity contribution is -0.384. The van der Waals surface area contributed by atoms with Crippen molar-refractivity contribution in [3.8, 4) is 0 Å². The maximum absolute atomic E-state index is 11.0. The average Bonchev–Trinajstić information content (AvgIpc) is 2.51. The molecule has 1 aliphatic heterocycles. The van der Waals surface area contributed by atoms with Crippen molar-refractivity contribution in [3.63, 3.8) is 0 Å². The molecule has 0 N–H and O–H groups in total. The lowest BCUT2D eigenvalue weighted by Crippen LogP contribution is -2.41. The standard InChI is InChI=1S/C14H20BNO4/c1-9-7-11(16(17)18)8-12(10(9)2)15-19-13(3,4)14(5,6)20-15/h7-8H,1-6H3. The molecule has 0 bridgehead atoms. The molecule has 20 heavy (non-hydrogen) atoms. The SMILES string of the molecule is Cc1cc([N+](=O)[O-])cc(B2OC(C)(C)C(C)(C)O2)c1C. The van der Waals surface area contributed by atoms with Gasteiger partial charge >= 0.3 is 7.12 Å². The summed E-state index contributed by atoms with van der Waals surface area (Å²) < 4.78 is 12.0. The topological polar surface area (TPSA) is 61.6 Å². The second kappa shape index (κ2) is 4.57. The number of hydrogen-bond donors (Lipinski definition) is 0. The Bertz CT molecular complexity index is 553.